The third kappa shape index (κ3) is 2.73. The van der Waals surface area contributed by atoms with E-state index in [1.807, 2.05) is 31.2 Å². The minimum atomic E-state index is -0.282. The topological polar surface area (TPSA) is 47.8 Å². The molecule has 0 amide bonds. The predicted molar refractivity (Wildman–Crippen MR) is 90.4 cm³/mol. The van der Waals surface area contributed by atoms with Crippen molar-refractivity contribution in [1.29, 1.82) is 0 Å². The van der Waals surface area contributed by atoms with Crippen LogP contribution in [0.3, 0.4) is 0 Å². The minimum absolute atomic E-state index is 0.0693. The molecular weight excluding hydrogens is 325 g/mol. The highest BCUT2D eigenvalue weighted by Crippen LogP contribution is 2.41. The zero-order chi connectivity index (χ0) is 16.7. The molecule has 3 aromatic rings. The Balaban J connectivity index is 1.68. The quantitative estimate of drug-likeness (QED) is 0.699. The summed E-state index contributed by atoms with van der Waals surface area (Å²) in [7, 11) is 0. The van der Waals surface area contributed by atoms with Crippen LogP contribution in [-0.4, -0.2) is 20.7 Å². The van der Waals surface area contributed by atoms with Crippen molar-refractivity contribution in [3.8, 4) is 11.4 Å². The van der Waals surface area contributed by atoms with Gasteiger partial charge >= 0.3 is 0 Å². The van der Waals surface area contributed by atoms with E-state index in [1.165, 1.54) is 28.6 Å². The fourth-order valence-corrected chi connectivity index (χ4v) is 3.88. The van der Waals surface area contributed by atoms with Crippen LogP contribution in [0.25, 0.3) is 11.4 Å². The number of carbonyl (C=O) groups is 1. The number of aromatic nitrogens is 3. The zero-order valence-corrected chi connectivity index (χ0v) is 13.8. The molecule has 0 saturated heterocycles. The van der Waals surface area contributed by atoms with E-state index < -0.39 is 0 Å². The molecule has 0 N–H and O–H groups in total. The standard InChI is InChI=1S/C18H14FN3OS/c1-11-3-2-4-13(9-11)17-20-18-22(21-17)16(23)10-15(24-18)12-5-7-14(19)8-6-12/h2-9,15H,10H2,1H3. The van der Waals surface area contributed by atoms with E-state index in [4.69, 9.17) is 0 Å². The molecule has 1 atom stereocenters. The molecular formula is C18H14FN3OS. The van der Waals surface area contributed by atoms with E-state index in [0.717, 1.165) is 16.7 Å². The molecule has 0 spiro atoms. The Bertz CT molecular complexity index is 920. The molecule has 0 saturated carbocycles. The van der Waals surface area contributed by atoms with Gasteiger partial charge in [-0.15, -0.1) is 5.10 Å². The number of benzene rings is 2. The van der Waals surface area contributed by atoms with Gasteiger partial charge in [-0.05, 0) is 30.7 Å². The molecule has 2 heterocycles. The molecule has 24 heavy (non-hydrogen) atoms. The Labute approximate surface area is 142 Å². The smallest absolute Gasteiger partial charge is 0.250 e. The van der Waals surface area contributed by atoms with E-state index in [1.54, 1.807) is 12.1 Å². The average molecular weight is 339 g/mol. The molecule has 1 aliphatic heterocycles. The van der Waals surface area contributed by atoms with Crippen molar-refractivity contribution in [2.75, 3.05) is 0 Å². The molecule has 0 radical (unpaired) electrons. The lowest BCUT2D eigenvalue weighted by Gasteiger charge is -2.20. The number of rotatable bonds is 2. The van der Waals surface area contributed by atoms with E-state index in [2.05, 4.69) is 10.1 Å². The van der Waals surface area contributed by atoms with Crippen LogP contribution < -0.4 is 0 Å². The maximum absolute atomic E-state index is 13.1. The number of nitrogens with zero attached hydrogens (tertiary/aromatic N) is 3. The van der Waals surface area contributed by atoms with E-state index in [0.29, 0.717) is 17.4 Å². The van der Waals surface area contributed by atoms with E-state index >= 15 is 0 Å². The normalized spacial score (nSPS) is 16.9. The van der Waals surface area contributed by atoms with Crippen molar-refractivity contribution in [2.24, 2.45) is 0 Å². The summed E-state index contributed by atoms with van der Waals surface area (Å²) in [5, 5.41) is 4.87. The van der Waals surface area contributed by atoms with Crippen molar-refractivity contribution in [3.05, 3.63) is 65.5 Å². The van der Waals surface area contributed by atoms with Crippen molar-refractivity contribution in [1.82, 2.24) is 14.8 Å². The molecule has 4 rings (SSSR count). The fourth-order valence-electron chi connectivity index (χ4n) is 2.72. The fraction of sp³-hybridized carbons (Fsp3) is 0.167. The van der Waals surface area contributed by atoms with Gasteiger partial charge in [-0.2, -0.15) is 4.68 Å². The van der Waals surface area contributed by atoms with E-state index in [9.17, 15) is 9.18 Å². The number of fused-ring (bicyclic) bond motifs is 1. The van der Waals surface area contributed by atoms with Crippen LogP contribution in [0.1, 0.15) is 27.6 Å². The largest absolute Gasteiger partial charge is 0.272 e. The van der Waals surface area contributed by atoms with Crippen molar-refractivity contribution in [3.63, 3.8) is 0 Å². The van der Waals surface area contributed by atoms with Gasteiger partial charge in [-0.25, -0.2) is 9.37 Å². The summed E-state index contributed by atoms with van der Waals surface area (Å²) in [5.41, 5.74) is 2.92. The zero-order valence-electron chi connectivity index (χ0n) is 12.9. The monoisotopic (exact) mass is 339 g/mol. The number of hydrogen-bond acceptors (Lipinski definition) is 4. The van der Waals surface area contributed by atoms with Gasteiger partial charge in [0.15, 0.2) is 11.0 Å². The highest BCUT2D eigenvalue weighted by atomic mass is 32.2. The Morgan fingerprint density at radius 1 is 1.21 bits per heavy atom. The van der Waals surface area contributed by atoms with Crippen LogP contribution in [0.4, 0.5) is 4.39 Å². The highest BCUT2D eigenvalue weighted by molar-refractivity contribution is 7.99. The first-order valence-electron chi connectivity index (χ1n) is 7.59. The first-order valence-corrected chi connectivity index (χ1v) is 8.47. The van der Waals surface area contributed by atoms with Gasteiger partial charge in [-0.3, -0.25) is 4.79 Å². The number of carbonyl (C=O) groups excluding carboxylic acids is 1. The predicted octanol–water partition coefficient (Wildman–Crippen LogP) is 4.27. The second-order valence-corrected chi connectivity index (χ2v) is 6.93. The van der Waals surface area contributed by atoms with Crippen LogP contribution in [0.15, 0.2) is 53.7 Å². The van der Waals surface area contributed by atoms with Crippen molar-refractivity contribution >= 4 is 17.7 Å². The lowest BCUT2D eigenvalue weighted by molar-refractivity contribution is 0.0868. The molecule has 1 aliphatic rings. The second kappa shape index (κ2) is 5.87. The molecule has 120 valence electrons. The SMILES string of the molecule is Cc1cccc(-c2nc3n(n2)C(=O)CC(c2ccc(F)cc2)S3)c1. The van der Waals surface area contributed by atoms with Crippen LogP contribution in [-0.2, 0) is 0 Å². The molecule has 0 aliphatic carbocycles. The van der Waals surface area contributed by atoms with Crippen LogP contribution in [0, 0.1) is 12.7 Å². The van der Waals surface area contributed by atoms with Crippen molar-refractivity contribution < 1.29 is 9.18 Å². The molecule has 4 nitrogen and oxygen atoms in total. The summed E-state index contributed by atoms with van der Waals surface area (Å²) in [5.74, 6) is 0.176. The van der Waals surface area contributed by atoms with Gasteiger partial charge in [-0.1, -0.05) is 47.7 Å². The maximum atomic E-state index is 13.1. The third-order valence-corrected chi connectivity index (χ3v) is 5.14. The second-order valence-electron chi connectivity index (χ2n) is 5.76. The molecule has 1 unspecified atom stereocenters. The van der Waals surface area contributed by atoms with Crippen LogP contribution >= 0.6 is 11.8 Å². The lowest BCUT2D eigenvalue weighted by atomic mass is 10.1. The molecule has 2 aromatic carbocycles. The molecule has 0 fully saturated rings. The van der Waals surface area contributed by atoms with Crippen molar-refractivity contribution in [2.45, 2.75) is 23.8 Å². The minimum Gasteiger partial charge on any atom is -0.272 e. The first-order chi connectivity index (χ1) is 11.6. The van der Waals surface area contributed by atoms with Crippen LogP contribution in [0.2, 0.25) is 0 Å². The average Bonchev–Trinajstić information content (AvgIpc) is 3.00. The van der Waals surface area contributed by atoms with E-state index in [-0.39, 0.29) is 17.0 Å². The Morgan fingerprint density at radius 3 is 2.75 bits per heavy atom. The van der Waals surface area contributed by atoms with Gasteiger partial charge in [0.25, 0.3) is 5.91 Å². The summed E-state index contributed by atoms with van der Waals surface area (Å²) >= 11 is 1.49. The third-order valence-electron chi connectivity index (χ3n) is 3.94. The summed E-state index contributed by atoms with van der Waals surface area (Å²) < 4.78 is 14.5. The summed E-state index contributed by atoms with van der Waals surface area (Å²) in [4.78, 5) is 16.9. The summed E-state index contributed by atoms with van der Waals surface area (Å²) in [6.45, 7) is 2.00. The Hall–Kier alpha value is -2.47. The van der Waals surface area contributed by atoms with Gasteiger partial charge < -0.3 is 0 Å². The molecule has 1 aromatic heterocycles. The first kappa shape index (κ1) is 15.1. The molecule has 6 heteroatoms. The maximum Gasteiger partial charge on any atom is 0.250 e. The Morgan fingerprint density at radius 2 is 2.00 bits per heavy atom. The Kier molecular flexibility index (Phi) is 3.69. The number of halogens is 1. The summed E-state index contributed by atoms with van der Waals surface area (Å²) in [6, 6.07) is 14.1. The number of hydrogen-bond donors (Lipinski definition) is 0. The van der Waals surface area contributed by atoms with Gasteiger partial charge in [0.2, 0.25) is 0 Å². The van der Waals surface area contributed by atoms with Gasteiger partial charge in [0.1, 0.15) is 5.82 Å². The molecule has 0 bridgehead atoms. The van der Waals surface area contributed by atoms with Crippen LogP contribution in [0.5, 0.6) is 0 Å². The highest BCUT2D eigenvalue weighted by Gasteiger charge is 2.30. The van der Waals surface area contributed by atoms with Gasteiger partial charge in [0.05, 0.1) is 0 Å². The summed E-state index contributed by atoms with van der Waals surface area (Å²) in [6.07, 6.45) is 0.319. The number of thioether (sulfide) groups is 1. The van der Waals surface area contributed by atoms with Gasteiger partial charge in [0, 0.05) is 17.2 Å². The number of aryl methyl sites for hydroxylation is 1. The lowest BCUT2D eigenvalue weighted by Crippen LogP contribution is -2.20.